The Kier molecular flexibility index (Phi) is 6.00. The van der Waals surface area contributed by atoms with Crippen LogP contribution in [0.5, 0.6) is 5.75 Å². The lowest BCUT2D eigenvalue weighted by Gasteiger charge is -2.14. The second-order valence-electron chi connectivity index (χ2n) is 7.14. The van der Waals surface area contributed by atoms with Crippen molar-refractivity contribution in [2.75, 3.05) is 13.7 Å². The summed E-state index contributed by atoms with van der Waals surface area (Å²) in [5.74, 6) is -0.0825. The van der Waals surface area contributed by atoms with Gasteiger partial charge in [0.25, 0.3) is 5.56 Å². The minimum atomic E-state index is -4.84. The van der Waals surface area contributed by atoms with E-state index in [0.717, 1.165) is 11.7 Å². The predicted octanol–water partition coefficient (Wildman–Crippen LogP) is 3.38. The molecule has 12 heteroatoms. The average Bonchev–Trinajstić information content (AvgIpc) is 3.23. The highest BCUT2D eigenvalue weighted by atomic mass is 32.1. The van der Waals surface area contributed by atoms with Gasteiger partial charge < -0.3 is 9.47 Å². The van der Waals surface area contributed by atoms with E-state index >= 15 is 0 Å². The Morgan fingerprint density at radius 2 is 1.79 bits per heavy atom. The van der Waals surface area contributed by atoms with Crippen LogP contribution in [0.4, 0.5) is 13.2 Å². The molecule has 0 amide bonds. The molecule has 8 nitrogen and oxygen atoms in total. The monoisotopic (exact) mass is 491 g/mol. The molecule has 0 aliphatic rings. The van der Waals surface area contributed by atoms with Gasteiger partial charge in [-0.2, -0.15) is 17.5 Å². The maximum absolute atomic E-state index is 13.1. The number of esters is 1. The molecule has 2 heterocycles. The van der Waals surface area contributed by atoms with Gasteiger partial charge in [-0.25, -0.2) is 14.2 Å². The van der Waals surface area contributed by atoms with Gasteiger partial charge in [-0.05, 0) is 54.0 Å². The Labute approximate surface area is 193 Å². The lowest BCUT2D eigenvalue weighted by atomic mass is 10.1. The SMILES string of the molecule is COC(=O)COc1ccc(-c2nsc3ccc(-n4c(=O)cc(C(F)(F)F)n(C)c4=O)cc23)cc1. The van der Waals surface area contributed by atoms with E-state index in [1.807, 2.05) is 0 Å². The van der Waals surface area contributed by atoms with Gasteiger partial charge >= 0.3 is 17.8 Å². The number of carbonyl (C=O) groups excluding carboxylic acids is 1. The van der Waals surface area contributed by atoms with Gasteiger partial charge in [0.2, 0.25) is 0 Å². The Balaban J connectivity index is 1.75. The maximum atomic E-state index is 13.1. The molecule has 0 saturated heterocycles. The van der Waals surface area contributed by atoms with Crippen molar-refractivity contribution in [2.24, 2.45) is 7.05 Å². The van der Waals surface area contributed by atoms with E-state index < -0.39 is 29.1 Å². The van der Waals surface area contributed by atoms with E-state index in [9.17, 15) is 27.6 Å². The third-order valence-electron chi connectivity index (χ3n) is 5.03. The summed E-state index contributed by atoms with van der Waals surface area (Å²) in [6.07, 6.45) is -4.84. The highest BCUT2D eigenvalue weighted by Crippen LogP contribution is 2.33. The summed E-state index contributed by atoms with van der Waals surface area (Å²) in [6, 6.07) is 11.8. The van der Waals surface area contributed by atoms with Crippen molar-refractivity contribution in [3.05, 3.63) is 75.1 Å². The first-order chi connectivity index (χ1) is 16.1. The van der Waals surface area contributed by atoms with Crippen molar-refractivity contribution in [1.82, 2.24) is 13.5 Å². The molecule has 4 rings (SSSR count). The first-order valence-corrected chi connectivity index (χ1v) is 10.5. The van der Waals surface area contributed by atoms with Crippen molar-refractivity contribution < 1.29 is 27.4 Å². The summed E-state index contributed by atoms with van der Waals surface area (Å²) in [5.41, 5.74) is -2.17. The molecule has 0 fully saturated rings. The van der Waals surface area contributed by atoms with Crippen molar-refractivity contribution in [3.8, 4) is 22.7 Å². The Morgan fingerprint density at radius 3 is 2.44 bits per heavy atom. The van der Waals surface area contributed by atoms with Crippen LogP contribution in [0.2, 0.25) is 0 Å². The van der Waals surface area contributed by atoms with Gasteiger partial charge in [0.05, 0.1) is 23.2 Å². The lowest BCUT2D eigenvalue weighted by molar-refractivity contribution is -0.144. The second-order valence-corrected chi connectivity index (χ2v) is 7.95. The van der Waals surface area contributed by atoms with E-state index in [-0.39, 0.29) is 12.3 Å². The zero-order chi connectivity index (χ0) is 24.6. The molecule has 4 aromatic rings. The minimum absolute atomic E-state index is 0.117. The normalized spacial score (nSPS) is 11.6. The Bertz CT molecular complexity index is 1500. The molecule has 0 bridgehead atoms. The van der Waals surface area contributed by atoms with Crippen LogP contribution in [-0.2, 0) is 22.8 Å². The molecule has 0 aliphatic heterocycles. The zero-order valence-corrected chi connectivity index (χ0v) is 18.6. The van der Waals surface area contributed by atoms with Crippen LogP contribution in [0.3, 0.4) is 0 Å². The fraction of sp³-hybridized carbons (Fsp3) is 0.182. The maximum Gasteiger partial charge on any atom is 0.431 e. The second kappa shape index (κ2) is 8.78. The van der Waals surface area contributed by atoms with Crippen LogP contribution in [0, 0.1) is 0 Å². The highest BCUT2D eigenvalue weighted by molar-refractivity contribution is 7.13. The minimum Gasteiger partial charge on any atom is -0.482 e. The predicted molar refractivity (Wildman–Crippen MR) is 118 cm³/mol. The average molecular weight is 491 g/mol. The number of ether oxygens (including phenoxy) is 2. The quantitative estimate of drug-likeness (QED) is 0.398. The summed E-state index contributed by atoms with van der Waals surface area (Å²) in [6.45, 7) is -0.240. The summed E-state index contributed by atoms with van der Waals surface area (Å²) >= 11 is 1.19. The molecule has 0 spiro atoms. The number of benzene rings is 2. The van der Waals surface area contributed by atoms with Crippen LogP contribution in [0.15, 0.2) is 58.1 Å². The van der Waals surface area contributed by atoms with Crippen LogP contribution in [0.1, 0.15) is 5.69 Å². The summed E-state index contributed by atoms with van der Waals surface area (Å²) in [5, 5.41) is 0.611. The molecule has 0 radical (unpaired) electrons. The zero-order valence-electron chi connectivity index (χ0n) is 17.8. The van der Waals surface area contributed by atoms with Crippen LogP contribution in [0.25, 0.3) is 27.0 Å². The number of carbonyl (C=O) groups is 1. The molecule has 0 unspecified atom stereocenters. The van der Waals surface area contributed by atoms with Gasteiger partial charge in [-0.1, -0.05) is 0 Å². The number of rotatable bonds is 5. The van der Waals surface area contributed by atoms with Gasteiger partial charge in [0, 0.05) is 24.1 Å². The number of aromatic nitrogens is 3. The smallest absolute Gasteiger partial charge is 0.431 e. The molecule has 0 atom stereocenters. The molecule has 0 aliphatic carbocycles. The third-order valence-corrected chi connectivity index (χ3v) is 5.86. The van der Waals surface area contributed by atoms with Crippen molar-refractivity contribution in [2.45, 2.75) is 6.18 Å². The van der Waals surface area contributed by atoms with Crippen molar-refractivity contribution in [3.63, 3.8) is 0 Å². The molecule has 0 saturated carbocycles. The lowest BCUT2D eigenvalue weighted by Crippen LogP contribution is -2.40. The van der Waals surface area contributed by atoms with Crippen molar-refractivity contribution in [1.29, 1.82) is 0 Å². The molecular weight excluding hydrogens is 475 g/mol. The van der Waals surface area contributed by atoms with E-state index in [0.29, 0.717) is 37.6 Å². The molecule has 2 aromatic carbocycles. The largest absolute Gasteiger partial charge is 0.482 e. The van der Waals surface area contributed by atoms with Crippen molar-refractivity contribution >= 4 is 27.6 Å². The molecule has 34 heavy (non-hydrogen) atoms. The first-order valence-electron chi connectivity index (χ1n) is 9.70. The number of nitrogens with zero attached hydrogens (tertiary/aromatic N) is 3. The third kappa shape index (κ3) is 4.31. The molecule has 0 N–H and O–H groups in total. The molecule has 176 valence electrons. The van der Waals surface area contributed by atoms with Gasteiger partial charge in [-0.3, -0.25) is 9.36 Å². The van der Waals surface area contributed by atoms with Crippen LogP contribution < -0.4 is 16.0 Å². The number of fused-ring (bicyclic) bond motifs is 1. The van der Waals surface area contributed by atoms with E-state index in [1.54, 1.807) is 30.3 Å². The number of methoxy groups -OCH3 is 1. The number of alkyl halides is 3. The van der Waals surface area contributed by atoms with Gasteiger partial charge in [0.1, 0.15) is 11.4 Å². The Hall–Kier alpha value is -3.93. The molecular formula is C22H16F3N3O5S. The standard InChI is InChI=1S/C22H16F3N3O5S/c1-27-17(22(23,24)25)10-18(29)28(21(27)31)13-5-8-16-15(9-13)20(26-34-16)12-3-6-14(7-4-12)33-11-19(30)32-2/h3-10H,11H2,1-2H3. The summed E-state index contributed by atoms with van der Waals surface area (Å²) in [7, 11) is 2.21. The first kappa shape index (κ1) is 23.2. The fourth-order valence-corrected chi connectivity index (χ4v) is 4.10. The van der Waals surface area contributed by atoms with Crippen LogP contribution in [-0.4, -0.2) is 33.2 Å². The Morgan fingerprint density at radius 1 is 1.09 bits per heavy atom. The van der Waals surface area contributed by atoms with Crippen LogP contribution >= 0.6 is 11.5 Å². The van der Waals surface area contributed by atoms with E-state index in [4.69, 9.17) is 4.74 Å². The summed E-state index contributed by atoms with van der Waals surface area (Å²) in [4.78, 5) is 36.3. The number of hydrogen-bond acceptors (Lipinski definition) is 7. The van der Waals surface area contributed by atoms with E-state index in [2.05, 4.69) is 9.11 Å². The molecule has 2 aromatic heterocycles. The fourth-order valence-electron chi connectivity index (χ4n) is 3.32. The highest BCUT2D eigenvalue weighted by Gasteiger charge is 2.35. The number of halogens is 3. The van der Waals surface area contributed by atoms with Gasteiger partial charge in [0.15, 0.2) is 6.61 Å². The van der Waals surface area contributed by atoms with Gasteiger partial charge in [-0.15, -0.1) is 0 Å². The topological polar surface area (TPSA) is 92.4 Å². The van der Waals surface area contributed by atoms with E-state index in [1.165, 1.54) is 30.8 Å². The number of hydrogen-bond donors (Lipinski definition) is 0. The summed E-state index contributed by atoms with van der Waals surface area (Å²) < 4.78 is 55.5.